The van der Waals surface area contributed by atoms with Gasteiger partial charge in [-0.05, 0) is 31.4 Å². The van der Waals surface area contributed by atoms with E-state index in [1.54, 1.807) is 7.11 Å². The molecule has 2 nitrogen and oxygen atoms in total. The normalized spacial score (nSPS) is 14.6. The fraction of sp³-hybridized carbons (Fsp3) is 0.429. The van der Waals surface area contributed by atoms with Crippen LogP contribution in [0.25, 0.3) is 6.08 Å². The van der Waals surface area contributed by atoms with Crippen molar-refractivity contribution >= 4 is 18.5 Å². The Morgan fingerprint density at radius 1 is 1.35 bits per heavy atom. The summed E-state index contributed by atoms with van der Waals surface area (Å²) in [4.78, 5) is 0. The molecule has 0 saturated heterocycles. The lowest BCUT2D eigenvalue weighted by Gasteiger charge is -2.03. The SMILES string of the molecule is COc1ccccc1/C=C/CNCC1CC1.Cl. The molecule has 1 N–H and O–H groups in total. The molecule has 17 heavy (non-hydrogen) atoms. The Labute approximate surface area is 109 Å². The van der Waals surface area contributed by atoms with Crippen molar-refractivity contribution in [2.24, 2.45) is 5.92 Å². The van der Waals surface area contributed by atoms with Crippen LogP contribution in [0.1, 0.15) is 18.4 Å². The fourth-order valence-corrected chi connectivity index (χ4v) is 1.68. The molecular weight excluding hydrogens is 234 g/mol. The van der Waals surface area contributed by atoms with Gasteiger partial charge < -0.3 is 10.1 Å². The Bertz CT molecular complexity index is 361. The van der Waals surface area contributed by atoms with E-state index in [4.69, 9.17) is 4.74 Å². The van der Waals surface area contributed by atoms with Gasteiger partial charge in [-0.25, -0.2) is 0 Å². The average Bonchev–Trinajstić information content (AvgIpc) is 3.13. The zero-order chi connectivity index (χ0) is 11.2. The molecule has 1 aromatic rings. The fourth-order valence-electron chi connectivity index (χ4n) is 1.68. The number of benzene rings is 1. The number of halogens is 1. The van der Waals surface area contributed by atoms with Crippen molar-refractivity contribution < 1.29 is 4.74 Å². The first kappa shape index (κ1) is 14.1. The molecule has 1 aliphatic rings. The van der Waals surface area contributed by atoms with Crippen LogP contribution in [0.4, 0.5) is 0 Å². The smallest absolute Gasteiger partial charge is 0.126 e. The predicted octanol–water partition coefficient (Wildman–Crippen LogP) is 3.13. The van der Waals surface area contributed by atoms with Gasteiger partial charge in [-0.2, -0.15) is 0 Å². The number of ether oxygens (including phenoxy) is 1. The van der Waals surface area contributed by atoms with Gasteiger partial charge >= 0.3 is 0 Å². The van der Waals surface area contributed by atoms with Gasteiger partial charge in [0.1, 0.15) is 5.75 Å². The minimum atomic E-state index is 0. The average molecular weight is 254 g/mol. The van der Waals surface area contributed by atoms with Crippen molar-refractivity contribution in [1.29, 1.82) is 0 Å². The Hall–Kier alpha value is -0.990. The van der Waals surface area contributed by atoms with Gasteiger partial charge in [0.05, 0.1) is 7.11 Å². The number of para-hydroxylation sites is 1. The van der Waals surface area contributed by atoms with Gasteiger partial charge in [0.15, 0.2) is 0 Å². The quantitative estimate of drug-likeness (QED) is 0.787. The van der Waals surface area contributed by atoms with E-state index in [-0.39, 0.29) is 12.4 Å². The van der Waals surface area contributed by atoms with Crippen LogP contribution in [-0.4, -0.2) is 20.2 Å². The van der Waals surface area contributed by atoms with Gasteiger partial charge in [0, 0.05) is 12.1 Å². The molecule has 0 aliphatic heterocycles. The molecule has 2 rings (SSSR count). The summed E-state index contributed by atoms with van der Waals surface area (Å²) in [5.74, 6) is 1.88. The van der Waals surface area contributed by atoms with Gasteiger partial charge in [0.25, 0.3) is 0 Å². The largest absolute Gasteiger partial charge is 0.496 e. The second kappa shape index (κ2) is 7.36. The Morgan fingerprint density at radius 3 is 2.82 bits per heavy atom. The highest BCUT2D eigenvalue weighted by molar-refractivity contribution is 5.85. The highest BCUT2D eigenvalue weighted by Crippen LogP contribution is 2.27. The monoisotopic (exact) mass is 253 g/mol. The number of hydrogen-bond donors (Lipinski definition) is 1. The number of methoxy groups -OCH3 is 1. The molecule has 0 atom stereocenters. The maximum Gasteiger partial charge on any atom is 0.126 e. The maximum absolute atomic E-state index is 5.28. The molecule has 3 heteroatoms. The molecule has 0 amide bonds. The molecule has 1 fully saturated rings. The summed E-state index contributed by atoms with van der Waals surface area (Å²) in [6.45, 7) is 2.10. The summed E-state index contributed by atoms with van der Waals surface area (Å²) in [6.07, 6.45) is 7.07. The highest BCUT2D eigenvalue weighted by atomic mass is 35.5. The van der Waals surface area contributed by atoms with Gasteiger partial charge in [0.2, 0.25) is 0 Å². The molecule has 94 valence electrons. The van der Waals surface area contributed by atoms with Crippen molar-refractivity contribution in [3.8, 4) is 5.75 Å². The lowest BCUT2D eigenvalue weighted by atomic mass is 10.2. The van der Waals surface area contributed by atoms with E-state index in [0.29, 0.717) is 0 Å². The van der Waals surface area contributed by atoms with E-state index in [0.717, 1.165) is 30.3 Å². The van der Waals surface area contributed by atoms with Gasteiger partial charge in [-0.1, -0.05) is 30.4 Å². The van der Waals surface area contributed by atoms with E-state index >= 15 is 0 Å². The van der Waals surface area contributed by atoms with Crippen LogP contribution in [0, 0.1) is 5.92 Å². The van der Waals surface area contributed by atoms with E-state index in [1.165, 1.54) is 12.8 Å². The molecule has 0 spiro atoms. The van der Waals surface area contributed by atoms with E-state index in [9.17, 15) is 0 Å². The van der Waals surface area contributed by atoms with Crippen LogP contribution in [0.5, 0.6) is 5.75 Å². The summed E-state index contributed by atoms with van der Waals surface area (Å²) >= 11 is 0. The summed E-state index contributed by atoms with van der Waals surface area (Å²) in [5, 5.41) is 3.43. The zero-order valence-corrected chi connectivity index (χ0v) is 11.0. The zero-order valence-electron chi connectivity index (χ0n) is 10.2. The van der Waals surface area contributed by atoms with Crippen molar-refractivity contribution in [3.05, 3.63) is 35.9 Å². The first-order valence-electron chi connectivity index (χ1n) is 5.90. The number of hydrogen-bond acceptors (Lipinski definition) is 2. The standard InChI is InChI=1S/C14H19NO.ClH/c1-16-14-7-3-2-5-13(14)6-4-10-15-11-12-8-9-12;/h2-7,12,15H,8-11H2,1H3;1H/b6-4+;. The topological polar surface area (TPSA) is 21.3 Å². The molecule has 0 aromatic heterocycles. The third-order valence-electron chi connectivity index (χ3n) is 2.83. The van der Waals surface area contributed by atoms with Gasteiger partial charge in [-0.3, -0.25) is 0 Å². The summed E-state index contributed by atoms with van der Waals surface area (Å²) < 4.78 is 5.28. The maximum atomic E-state index is 5.28. The van der Waals surface area contributed by atoms with Crippen molar-refractivity contribution in [2.45, 2.75) is 12.8 Å². The van der Waals surface area contributed by atoms with E-state index < -0.39 is 0 Å². The lowest BCUT2D eigenvalue weighted by Crippen LogP contribution is -2.16. The van der Waals surface area contributed by atoms with E-state index in [1.807, 2.05) is 18.2 Å². The van der Waals surface area contributed by atoms with Crippen LogP contribution < -0.4 is 10.1 Å². The van der Waals surface area contributed by atoms with E-state index in [2.05, 4.69) is 23.5 Å². The van der Waals surface area contributed by atoms with Crippen LogP contribution in [0.2, 0.25) is 0 Å². The molecule has 1 aliphatic carbocycles. The predicted molar refractivity (Wildman–Crippen MR) is 74.9 cm³/mol. The highest BCUT2D eigenvalue weighted by Gasteiger charge is 2.19. The minimum Gasteiger partial charge on any atom is -0.496 e. The van der Waals surface area contributed by atoms with Crippen LogP contribution in [0.3, 0.4) is 0 Å². The van der Waals surface area contributed by atoms with Crippen LogP contribution in [0.15, 0.2) is 30.3 Å². The summed E-state index contributed by atoms with van der Waals surface area (Å²) in [7, 11) is 1.71. The third-order valence-corrected chi connectivity index (χ3v) is 2.83. The Morgan fingerprint density at radius 2 is 2.12 bits per heavy atom. The van der Waals surface area contributed by atoms with Crippen molar-refractivity contribution in [2.75, 3.05) is 20.2 Å². The summed E-state index contributed by atoms with van der Waals surface area (Å²) in [5.41, 5.74) is 1.14. The summed E-state index contributed by atoms with van der Waals surface area (Å²) in [6, 6.07) is 8.06. The molecule has 1 saturated carbocycles. The Balaban J connectivity index is 0.00000144. The molecule has 0 heterocycles. The second-order valence-corrected chi connectivity index (χ2v) is 4.25. The van der Waals surface area contributed by atoms with Gasteiger partial charge in [-0.15, -0.1) is 12.4 Å². The Kier molecular flexibility index (Phi) is 6.09. The van der Waals surface area contributed by atoms with Crippen molar-refractivity contribution in [1.82, 2.24) is 5.32 Å². The lowest BCUT2D eigenvalue weighted by molar-refractivity contribution is 0.414. The number of nitrogens with one attached hydrogen (secondary N) is 1. The molecule has 1 aromatic carbocycles. The third kappa shape index (κ3) is 4.80. The first-order chi connectivity index (χ1) is 7.90. The second-order valence-electron chi connectivity index (χ2n) is 4.25. The molecular formula is C14H20ClNO. The number of rotatable bonds is 6. The minimum absolute atomic E-state index is 0. The van der Waals surface area contributed by atoms with Crippen LogP contribution >= 0.6 is 12.4 Å². The van der Waals surface area contributed by atoms with Crippen LogP contribution in [-0.2, 0) is 0 Å². The molecule has 0 bridgehead atoms. The first-order valence-corrected chi connectivity index (χ1v) is 5.90. The molecule has 0 radical (unpaired) electrons. The molecule has 0 unspecified atom stereocenters. The van der Waals surface area contributed by atoms with Crippen molar-refractivity contribution in [3.63, 3.8) is 0 Å².